The molecule has 22 heavy (non-hydrogen) atoms. The van der Waals surface area contributed by atoms with Crippen molar-refractivity contribution in [1.82, 2.24) is 9.97 Å². The predicted octanol–water partition coefficient (Wildman–Crippen LogP) is 5.09. The van der Waals surface area contributed by atoms with E-state index >= 15 is 0 Å². The van der Waals surface area contributed by atoms with Crippen molar-refractivity contribution in [3.8, 4) is 0 Å². The highest BCUT2D eigenvalue weighted by Crippen LogP contribution is 2.22. The summed E-state index contributed by atoms with van der Waals surface area (Å²) in [5.74, 6) is 1.43. The van der Waals surface area contributed by atoms with E-state index in [1.54, 1.807) is 0 Å². The zero-order valence-electron chi connectivity index (χ0n) is 13.4. The van der Waals surface area contributed by atoms with Gasteiger partial charge in [-0.15, -0.1) is 0 Å². The lowest BCUT2D eigenvalue weighted by Gasteiger charge is -2.10. The molecule has 0 saturated carbocycles. The molecule has 0 aliphatic carbocycles. The maximum atomic E-state index is 6.15. The van der Waals surface area contributed by atoms with Crippen LogP contribution in [0.1, 0.15) is 37.4 Å². The minimum atomic E-state index is 0.581. The lowest BCUT2D eigenvalue weighted by Crippen LogP contribution is -2.06. The number of aromatic nitrogens is 2. The van der Waals surface area contributed by atoms with Gasteiger partial charge in [-0.25, -0.2) is 4.98 Å². The van der Waals surface area contributed by atoms with Crippen LogP contribution in [-0.4, -0.2) is 16.5 Å². The number of nitrogens with one attached hydrogen (secondary N) is 2. The Labute approximate surface area is 137 Å². The molecule has 0 saturated heterocycles. The smallest absolute Gasteiger partial charge is 0.229 e. The second-order valence-electron chi connectivity index (χ2n) is 5.44. The van der Waals surface area contributed by atoms with Crippen LogP contribution in [0.15, 0.2) is 24.3 Å². The highest BCUT2D eigenvalue weighted by atomic mass is 35.5. The van der Waals surface area contributed by atoms with Crippen LogP contribution in [0.5, 0.6) is 0 Å². The topological polar surface area (TPSA) is 49.8 Å². The number of rotatable bonds is 7. The zero-order chi connectivity index (χ0) is 15.9. The van der Waals surface area contributed by atoms with E-state index in [4.69, 9.17) is 11.6 Å². The predicted molar refractivity (Wildman–Crippen MR) is 94.3 cm³/mol. The van der Waals surface area contributed by atoms with Crippen LogP contribution in [0.25, 0.3) is 0 Å². The Hall–Kier alpha value is -1.81. The van der Waals surface area contributed by atoms with Crippen molar-refractivity contribution in [3.63, 3.8) is 0 Å². The molecule has 1 aromatic carbocycles. The molecule has 2 N–H and O–H groups in total. The van der Waals surface area contributed by atoms with Crippen LogP contribution in [0.3, 0.4) is 0 Å². The molecule has 0 atom stereocenters. The van der Waals surface area contributed by atoms with Crippen molar-refractivity contribution in [2.24, 2.45) is 0 Å². The van der Waals surface area contributed by atoms with Crippen LogP contribution in [0.4, 0.5) is 17.5 Å². The molecule has 2 aromatic rings. The van der Waals surface area contributed by atoms with Crippen molar-refractivity contribution >= 4 is 29.1 Å². The molecule has 118 valence electrons. The van der Waals surface area contributed by atoms with E-state index in [1.165, 1.54) is 12.8 Å². The summed E-state index contributed by atoms with van der Waals surface area (Å²) in [4.78, 5) is 8.92. The molecule has 0 bridgehead atoms. The zero-order valence-corrected chi connectivity index (χ0v) is 14.2. The van der Waals surface area contributed by atoms with Gasteiger partial charge in [0.15, 0.2) is 0 Å². The first-order chi connectivity index (χ1) is 10.6. The van der Waals surface area contributed by atoms with E-state index in [2.05, 4.69) is 27.5 Å². The van der Waals surface area contributed by atoms with Gasteiger partial charge in [0.05, 0.1) is 0 Å². The van der Waals surface area contributed by atoms with Crippen LogP contribution in [-0.2, 0) is 0 Å². The minimum Gasteiger partial charge on any atom is -0.370 e. The fourth-order valence-corrected chi connectivity index (χ4v) is 2.29. The van der Waals surface area contributed by atoms with Crippen molar-refractivity contribution in [2.75, 3.05) is 17.2 Å². The number of hydrogen-bond acceptors (Lipinski definition) is 4. The van der Waals surface area contributed by atoms with E-state index in [0.29, 0.717) is 5.95 Å². The van der Waals surface area contributed by atoms with Gasteiger partial charge in [0, 0.05) is 29.0 Å². The van der Waals surface area contributed by atoms with E-state index in [-0.39, 0.29) is 0 Å². The molecule has 0 aliphatic rings. The van der Waals surface area contributed by atoms with Gasteiger partial charge in [-0.1, -0.05) is 37.4 Å². The fraction of sp³-hybridized carbons (Fsp3) is 0.412. The molecule has 0 fully saturated rings. The van der Waals surface area contributed by atoms with E-state index in [9.17, 15) is 0 Å². The largest absolute Gasteiger partial charge is 0.370 e. The van der Waals surface area contributed by atoms with Crippen molar-refractivity contribution in [2.45, 2.75) is 40.0 Å². The lowest BCUT2D eigenvalue weighted by atomic mass is 10.2. The average Bonchev–Trinajstić information content (AvgIpc) is 2.47. The van der Waals surface area contributed by atoms with Crippen LogP contribution in [0, 0.1) is 13.8 Å². The summed E-state index contributed by atoms with van der Waals surface area (Å²) in [6.07, 6.45) is 3.59. The highest BCUT2D eigenvalue weighted by molar-refractivity contribution is 6.31. The van der Waals surface area contributed by atoms with Gasteiger partial charge in [-0.2, -0.15) is 4.98 Å². The van der Waals surface area contributed by atoms with Gasteiger partial charge < -0.3 is 10.6 Å². The van der Waals surface area contributed by atoms with E-state index in [0.717, 1.165) is 40.8 Å². The van der Waals surface area contributed by atoms with Crippen molar-refractivity contribution in [3.05, 3.63) is 40.5 Å². The molecule has 0 aliphatic heterocycles. The van der Waals surface area contributed by atoms with Gasteiger partial charge in [-0.05, 0) is 38.0 Å². The summed E-state index contributed by atoms with van der Waals surface area (Å²) >= 11 is 6.15. The third-order valence-electron chi connectivity index (χ3n) is 3.37. The molecule has 0 radical (unpaired) electrons. The summed E-state index contributed by atoms with van der Waals surface area (Å²) in [5, 5.41) is 7.29. The number of benzene rings is 1. The molecule has 1 aromatic heterocycles. The maximum Gasteiger partial charge on any atom is 0.229 e. The van der Waals surface area contributed by atoms with Crippen molar-refractivity contribution < 1.29 is 0 Å². The third kappa shape index (κ3) is 4.88. The Kier molecular flexibility index (Phi) is 6.01. The van der Waals surface area contributed by atoms with Gasteiger partial charge in [0.25, 0.3) is 0 Å². The number of anilines is 3. The quantitative estimate of drug-likeness (QED) is 0.698. The Morgan fingerprint density at radius 2 is 1.91 bits per heavy atom. The molecule has 0 spiro atoms. The monoisotopic (exact) mass is 318 g/mol. The average molecular weight is 319 g/mol. The van der Waals surface area contributed by atoms with Gasteiger partial charge >= 0.3 is 0 Å². The maximum absolute atomic E-state index is 6.15. The number of aryl methyl sites for hydroxylation is 2. The summed E-state index contributed by atoms with van der Waals surface area (Å²) in [6, 6.07) is 7.79. The first kappa shape index (κ1) is 16.6. The van der Waals surface area contributed by atoms with Gasteiger partial charge in [0.2, 0.25) is 5.95 Å². The summed E-state index contributed by atoms with van der Waals surface area (Å²) in [5.41, 5.74) is 2.86. The van der Waals surface area contributed by atoms with Gasteiger partial charge in [-0.3, -0.25) is 0 Å². The second-order valence-corrected chi connectivity index (χ2v) is 5.85. The number of halogens is 1. The van der Waals surface area contributed by atoms with Crippen molar-refractivity contribution in [1.29, 1.82) is 0 Å². The number of hydrogen-bond donors (Lipinski definition) is 2. The summed E-state index contributed by atoms with van der Waals surface area (Å²) < 4.78 is 0. The minimum absolute atomic E-state index is 0.581. The van der Waals surface area contributed by atoms with Gasteiger partial charge in [0.1, 0.15) is 5.82 Å². The second kappa shape index (κ2) is 7.99. The standard InChI is InChI=1S/C17H23ClN4/c1-4-5-6-9-19-16-10-13(3)20-17(22-16)21-14-8-7-12(2)15(18)11-14/h7-8,10-11H,4-6,9H2,1-3H3,(H2,19,20,21,22). The molecule has 4 nitrogen and oxygen atoms in total. The molecule has 0 unspecified atom stereocenters. The highest BCUT2D eigenvalue weighted by Gasteiger charge is 2.04. The third-order valence-corrected chi connectivity index (χ3v) is 3.78. The van der Waals surface area contributed by atoms with Crippen LogP contribution in [0.2, 0.25) is 5.02 Å². The van der Waals surface area contributed by atoms with E-state index in [1.807, 2.05) is 38.1 Å². The SMILES string of the molecule is CCCCCNc1cc(C)nc(Nc2ccc(C)c(Cl)c2)n1. The number of nitrogens with zero attached hydrogens (tertiary/aromatic N) is 2. The molecular formula is C17H23ClN4. The Balaban J connectivity index is 2.06. The molecule has 0 amide bonds. The Bertz CT molecular complexity index is 628. The van der Waals surface area contributed by atoms with E-state index < -0.39 is 0 Å². The Morgan fingerprint density at radius 1 is 1.09 bits per heavy atom. The first-order valence-electron chi connectivity index (χ1n) is 7.71. The van der Waals surface area contributed by atoms with Crippen LogP contribution >= 0.6 is 11.6 Å². The number of unbranched alkanes of at least 4 members (excludes halogenated alkanes) is 2. The molecule has 2 rings (SSSR count). The Morgan fingerprint density at radius 3 is 2.64 bits per heavy atom. The molecule has 5 heteroatoms. The fourth-order valence-electron chi connectivity index (χ4n) is 2.11. The van der Waals surface area contributed by atoms with Crippen LogP contribution < -0.4 is 10.6 Å². The molecule has 1 heterocycles. The lowest BCUT2D eigenvalue weighted by molar-refractivity contribution is 0.742. The first-order valence-corrected chi connectivity index (χ1v) is 8.09. The normalized spacial score (nSPS) is 10.5. The molecular weight excluding hydrogens is 296 g/mol. The summed E-state index contributed by atoms with van der Waals surface area (Å²) in [7, 11) is 0. The summed E-state index contributed by atoms with van der Waals surface area (Å²) in [6.45, 7) is 7.07.